The second-order valence-corrected chi connectivity index (χ2v) is 7.49. The molecule has 3 N–H and O–H groups in total. The van der Waals surface area contributed by atoms with E-state index in [4.69, 9.17) is 9.84 Å². The number of carbonyl (C=O) groups excluding carboxylic acids is 1. The minimum absolute atomic E-state index is 0.0896. The van der Waals surface area contributed by atoms with Gasteiger partial charge in [-0.2, -0.15) is 5.26 Å². The highest BCUT2D eigenvalue weighted by molar-refractivity contribution is 6.02. The van der Waals surface area contributed by atoms with Crippen LogP contribution in [0.5, 0.6) is 0 Å². The summed E-state index contributed by atoms with van der Waals surface area (Å²) in [4.78, 5) is 30.5. The molecule has 0 saturated carbocycles. The number of nitrogens with one attached hydrogen (secondary N) is 2. The Bertz CT molecular complexity index is 1260. The summed E-state index contributed by atoms with van der Waals surface area (Å²) < 4.78 is 6.64. The molecule has 1 aromatic carbocycles. The Morgan fingerprint density at radius 3 is 2.74 bits per heavy atom. The number of amides is 1. The van der Waals surface area contributed by atoms with Gasteiger partial charge in [-0.3, -0.25) is 14.0 Å². The van der Waals surface area contributed by atoms with E-state index in [1.165, 1.54) is 10.5 Å². The van der Waals surface area contributed by atoms with Gasteiger partial charge in [0, 0.05) is 19.3 Å². The molecule has 9 nitrogen and oxygen atoms in total. The summed E-state index contributed by atoms with van der Waals surface area (Å²) in [5.41, 5.74) is 1.83. The van der Waals surface area contributed by atoms with E-state index in [1.807, 2.05) is 49.4 Å². The number of rotatable bonds is 11. The zero-order valence-electron chi connectivity index (χ0n) is 19.0. The highest BCUT2D eigenvalue weighted by Crippen LogP contribution is 2.16. The minimum atomic E-state index is -0.565. The number of pyridine rings is 1. The first-order chi connectivity index (χ1) is 16.5. The second-order valence-electron chi connectivity index (χ2n) is 7.49. The molecular weight excluding hydrogens is 434 g/mol. The molecule has 0 atom stereocenters. The largest absolute Gasteiger partial charge is 0.394 e. The summed E-state index contributed by atoms with van der Waals surface area (Å²) in [6.45, 7) is 2.90. The molecule has 0 bridgehead atoms. The number of hydrogen-bond donors (Lipinski definition) is 3. The Kier molecular flexibility index (Phi) is 8.91. The van der Waals surface area contributed by atoms with Crippen LogP contribution in [0.1, 0.15) is 16.7 Å². The van der Waals surface area contributed by atoms with Gasteiger partial charge in [0.2, 0.25) is 0 Å². The maximum absolute atomic E-state index is 13.2. The molecule has 9 heteroatoms. The van der Waals surface area contributed by atoms with Gasteiger partial charge in [-0.05, 0) is 36.6 Å². The van der Waals surface area contributed by atoms with Gasteiger partial charge >= 0.3 is 0 Å². The van der Waals surface area contributed by atoms with Crippen molar-refractivity contribution >= 4 is 23.4 Å². The number of aliphatic hydroxyl groups excluding tert-OH is 1. The van der Waals surface area contributed by atoms with Crippen molar-refractivity contribution in [2.75, 3.05) is 38.2 Å². The molecule has 1 amide bonds. The van der Waals surface area contributed by atoms with Crippen LogP contribution in [-0.4, -0.2) is 53.3 Å². The molecule has 3 rings (SSSR count). The molecule has 2 aromatic heterocycles. The summed E-state index contributed by atoms with van der Waals surface area (Å²) in [6.07, 6.45) is 3.47. The lowest BCUT2D eigenvalue weighted by Gasteiger charge is -2.12. The third kappa shape index (κ3) is 6.28. The van der Waals surface area contributed by atoms with Crippen LogP contribution in [0.2, 0.25) is 0 Å². The highest BCUT2D eigenvalue weighted by Gasteiger charge is 2.16. The molecular formula is C25H27N5O4. The lowest BCUT2D eigenvalue weighted by atomic mass is 10.1. The van der Waals surface area contributed by atoms with Crippen LogP contribution in [-0.2, 0) is 16.0 Å². The molecule has 0 aliphatic rings. The number of hydrogen-bond acceptors (Lipinski definition) is 7. The smallest absolute Gasteiger partial charge is 0.267 e. The summed E-state index contributed by atoms with van der Waals surface area (Å²) in [5, 5.41) is 24.2. The third-order valence-corrected chi connectivity index (χ3v) is 5.05. The number of anilines is 1. The van der Waals surface area contributed by atoms with E-state index in [0.29, 0.717) is 25.2 Å². The fourth-order valence-electron chi connectivity index (χ4n) is 3.34. The molecule has 0 fully saturated rings. The Morgan fingerprint density at radius 2 is 2.00 bits per heavy atom. The number of fused-ring (bicyclic) bond motifs is 1. The van der Waals surface area contributed by atoms with E-state index in [-0.39, 0.29) is 36.8 Å². The zero-order valence-corrected chi connectivity index (χ0v) is 19.0. The van der Waals surface area contributed by atoms with Crippen LogP contribution in [0.25, 0.3) is 11.7 Å². The molecule has 0 aliphatic heterocycles. The van der Waals surface area contributed by atoms with Crippen molar-refractivity contribution in [2.45, 2.75) is 13.3 Å². The Balaban J connectivity index is 1.87. The van der Waals surface area contributed by atoms with Gasteiger partial charge in [-0.1, -0.05) is 36.4 Å². The predicted octanol–water partition coefficient (Wildman–Crippen LogP) is 1.69. The highest BCUT2D eigenvalue weighted by atomic mass is 16.5. The van der Waals surface area contributed by atoms with E-state index in [9.17, 15) is 14.9 Å². The molecule has 0 unspecified atom stereocenters. The normalized spacial score (nSPS) is 11.3. The summed E-state index contributed by atoms with van der Waals surface area (Å²) >= 11 is 0. The molecule has 0 radical (unpaired) electrons. The fraction of sp³-hybridized carbons (Fsp3) is 0.280. The van der Waals surface area contributed by atoms with Crippen LogP contribution >= 0.6 is 0 Å². The Morgan fingerprint density at radius 1 is 1.21 bits per heavy atom. The third-order valence-electron chi connectivity index (χ3n) is 5.05. The summed E-state index contributed by atoms with van der Waals surface area (Å²) in [5.74, 6) is -0.318. The van der Waals surface area contributed by atoms with Crippen molar-refractivity contribution in [1.82, 2.24) is 14.7 Å². The topological polar surface area (TPSA) is 129 Å². The van der Waals surface area contributed by atoms with Crippen LogP contribution in [0.15, 0.2) is 59.0 Å². The van der Waals surface area contributed by atoms with E-state index in [0.717, 1.165) is 11.1 Å². The maximum Gasteiger partial charge on any atom is 0.267 e. The average Bonchev–Trinajstić information content (AvgIpc) is 2.85. The first-order valence-corrected chi connectivity index (χ1v) is 10.9. The predicted molar refractivity (Wildman–Crippen MR) is 129 cm³/mol. The van der Waals surface area contributed by atoms with Crippen molar-refractivity contribution in [1.29, 1.82) is 5.26 Å². The molecule has 0 aliphatic carbocycles. The molecule has 176 valence electrons. The maximum atomic E-state index is 13.2. The van der Waals surface area contributed by atoms with Gasteiger partial charge in [0.25, 0.3) is 11.5 Å². The van der Waals surface area contributed by atoms with Gasteiger partial charge in [-0.25, -0.2) is 4.98 Å². The van der Waals surface area contributed by atoms with Crippen LogP contribution in [0.3, 0.4) is 0 Å². The standard InChI is InChI=1S/C25H27N5O4/c1-18-6-5-12-30-23(18)29-22(27-11-14-34-15-13-31)21(25(30)33)16-20(17-26)24(32)28-10-9-19-7-3-2-4-8-19/h2-8,12,16,27,31H,9-11,13-15H2,1H3,(H,28,32). The SMILES string of the molecule is Cc1cccn2c(=O)c(C=C(C#N)C(=O)NCCc3ccccc3)c(NCCOCCO)nc12. The Labute approximate surface area is 197 Å². The number of nitrogens with zero attached hydrogens (tertiary/aromatic N) is 3. The lowest BCUT2D eigenvalue weighted by molar-refractivity contribution is -0.117. The van der Waals surface area contributed by atoms with Crippen LogP contribution in [0, 0.1) is 18.3 Å². The van der Waals surface area contributed by atoms with Crippen molar-refractivity contribution < 1.29 is 14.6 Å². The van der Waals surface area contributed by atoms with Crippen molar-refractivity contribution in [2.24, 2.45) is 0 Å². The number of benzene rings is 1. The van der Waals surface area contributed by atoms with E-state index in [2.05, 4.69) is 15.6 Å². The molecule has 3 aromatic rings. The van der Waals surface area contributed by atoms with Crippen LogP contribution in [0.4, 0.5) is 5.82 Å². The number of aryl methyl sites for hydroxylation is 1. The molecule has 2 heterocycles. The van der Waals surface area contributed by atoms with Gasteiger partial charge in [0.15, 0.2) is 0 Å². The zero-order chi connectivity index (χ0) is 24.3. The number of ether oxygens (including phenoxy) is 1. The number of aromatic nitrogens is 2. The molecule has 0 saturated heterocycles. The number of nitriles is 1. The summed E-state index contributed by atoms with van der Waals surface area (Å²) in [7, 11) is 0. The van der Waals surface area contributed by atoms with E-state index < -0.39 is 11.5 Å². The van der Waals surface area contributed by atoms with Gasteiger partial charge in [0.1, 0.15) is 23.1 Å². The number of carbonyl (C=O) groups is 1. The van der Waals surface area contributed by atoms with Gasteiger partial charge in [-0.15, -0.1) is 0 Å². The number of aliphatic hydroxyl groups is 1. The van der Waals surface area contributed by atoms with E-state index in [1.54, 1.807) is 12.3 Å². The average molecular weight is 462 g/mol. The van der Waals surface area contributed by atoms with Crippen molar-refractivity contribution in [3.8, 4) is 6.07 Å². The van der Waals surface area contributed by atoms with Crippen molar-refractivity contribution in [3.05, 3.63) is 81.3 Å². The van der Waals surface area contributed by atoms with Crippen LogP contribution < -0.4 is 16.2 Å². The molecule has 0 spiro atoms. The van der Waals surface area contributed by atoms with E-state index >= 15 is 0 Å². The lowest BCUT2D eigenvalue weighted by Crippen LogP contribution is -2.27. The quantitative estimate of drug-likeness (QED) is 0.225. The van der Waals surface area contributed by atoms with Gasteiger partial charge in [0.05, 0.1) is 25.4 Å². The fourth-order valence-corrected chi connectivity index (χ4v) is 3.34. The monoisotopic (exact) mass is 461 g/mol. The van der Waals surface area contributed by atoms with Gasteiger partial charge < -0.3 is 20.5 Å². The second kappa shape index (κ2) is 12.3. The molecule has 34 heavy (non-hydrogen) atoms. The van der Waals surface area contributed by atoms with Crippen molar-refractivity contribution in [3.63, 3.8) is 0 Å². The first-order valence-electron chi connectivity index (χ1n) is 10.9. The first kappa shape index (κ1) is 24.6. The minimum Gasteiger partial charge on any atom is -0.394 e. The Hall–Kier alpha value is -4.00. The summed E-state index contributed by atoms with van der Waals surface area (Å²) in [6, 6.07) is 15.1.